The molecule has 0 bridgehead atoms. The number of aliphatic hydroxyl groups excluding tert-OH is 1. The number of carbonyl (C=O) groups excluding carboxylic acids is 2. The van der Waals surface area contributed by atoms with Gasteiger partial charge in [-0.15, -0.1) is 11.3 Å². The van der Waals surface area contributed by atoms with Crippen LogP contribution in [0.5, 0.6) is 0 Å². The molecule has 2 aromatic carbocycles. The number of halogens is 2. The van der Waals surface area contributed by atoms with Crippen molar-refractivity contribution in [3.63, 3.8) is 0 Å². The number of nitrogens with one attached hydrogen (secondary N) is 1. The van der Waals surface area contributed by atoms with Crippen LogP contribution in [0.15, 0.2) is 60.8 Å². The number of hydrogen-bond acceptors (Lipinski definition) is 6. The summed E-state index contributed by atoms with van der Waals surface area (Å²) in [6, 6.07) is 14.3. The SMILES string of the molecule is O=C1c2ccccc2C(=O)N1C[C@H](Cc1cccc(F)c1)NC(O)c1cc2c(s1)CCCn1ncc(Cl)c1-2. The van der Waals surface area contributed by atoms with Gasteiger partial charge in [0, 0.05) is 34.4 Å². The minimum absolute atomic E-state index is 0.0175. The molecule has 2 N–H and O–H groups in total. The second kappa shape index (κ2) is 10.1. The number of amides is 2. The first kappa shape index (κ1) is 24.9. The number of rotatable bonds is 7. The molecule has 0 spiro atoms. The Morgan fingerprint density at radius 2 is 1.84 bits per heavy atom. The lowest BCUT2D eigenvalue weighted by Gasteiger charge is -2.26. The second-order valence-corrected chi connectivity index (χ2v) is 11.1. The van der Waals surface area contributed by atoms with E-state index in [4.69, 9.17) is 11.6 Å². The summed E-state index contributed by atoms with van der Waals surface area (Å²) in [7, 11) is 0. The van der Waals surface area contributed by atoms with Gasteiger partial charge in [-0.25, -0.2) is 4.39 Å². The minimum atomic E-state index is -1.07. The number of fused-ring (bicyclic) bond motifs is 4. The van der Waals surface area contributed by atoms with Crippen LogP contribution >= 0.6 is 22.9 Å². The second-order valence-electron chi connectivity index (χ2n) is 9.52. The highest BCUT2D eigenvalue weighted by molar-refractivity contribution is 7.12. The van der Waals surface area contributed by atoms with Crippen molar-refractivity contribution in [3.05, 3.63) is 98.1 Å². The predicted molar refractivity (Wildman–Crippen MR) is 143 cm³/mol. The Hall–Kier alpha value is -3.37. The number of thiophene rings is 1. The molecule has 2 atom stereocenters. The highest BCUT2D eigenvalue weighted by Gasteiger charge is 2.37. The van der Waals surface area contributed by atoms with Crippen molar-refractivity contribution in [2.24, 2.45) is 0 Å². The fourth-order valence-electron chi connectivity index (χ4n) is 5.21. The number of aryl methyl sites for hydroxylation is 2. The maximum Gasteiger partial charge on any atom is 0.261 e. The Kier molecular flexibility index (Phi) is 6.61. The topological polar surface area (TPSA) is 87.5 Å². The molecule has 194 valence electrons. The third kappa shape index (κ3) is 4.56. The molecule has 38 heavy (non-hydrogen) atoms. The molecule has 2 aromatic heterocycles. The lowest BCUT2D eigenvalue weighted by Crippen LogP contribution is -2.45. The standard InChI is InChI=1S/C28H24ClFN4O3S/c29-22-14-31-34-10-4-9-23-21(25(22)34)13-24(38-23)26(35)32-18(12-16-5-3-6-17(30)11-16)15-33-27(36)19-7-1-2-8-20(19)28(33)37/h1-3,5-8,11,13-14,18,26,32,35H,4,9-10,12,15H2/t18-,26?/m0/s1. The van der Waals surface area contributed by atoms with E-state index in [0.29, 0.717) is 33.0 Å². The number of carbonyl (C=O) groups is 2. The smallest absolute Gasteiger partial charge is 0.261 e. The van der Waals surface area contributed by atoms with Gasteiger partial charge < -0.3 is 5.11 Å². The fourth-order valence-corrected chi connectivity index (χ4v) is 6.61. The zero-order valence-corrected chi connectivity index (χ0v) is 21.8. The largest absolute Gasteiger partial charge is 0.373 e. The Morgan fingerprint density at radius 1 is 1.08 bits per heavy atom. The molecule has 2 aliphatic rings. The molecule has 0 aliphatic carbocycles. The van der Waals surface area contributed by atoms with Gasteiger partial charge in [0.1, 0.15) is 12.0 Å². The van der Waals surface area contributed by atoms with Crippen LogP contribution in [0.25, 0.3) is 11.3 Å². The van der Waals surface area contributed by atoms with Crippen LogP contribution in [-0.4, -0.2) is 44.2 Å². The average molecular weight is 551 g/mol. The summed E-state index contributed by atoms with van der Waals surface area (Å²) in [6.45, 7) is 0.791. The van der Waals surface area contributed by atoms with Crippen molar-refractivity contribution in [2.75, 3.05) is 6.54 Å². The van der Waals surface area contributed by atoms with Gasteiger partial charge in [0.15, 0.2) is 0 Å². The number of benzene rings is 2. The van der Waals surface area contributed by atoms with Crippen molar-refractivity contribution in [2.45, 2.75) is 38.1 Å². The van der Waals surface area contributed by atoms with E-state index in [1.165, 1.54) is 28.4 Å². The van der Waals surface area contributed by atoms with Crippen LogP contribution in [0.3, 0.4) is 0 Å². The monoisotopic (exact) mass is 550 g/mol. The summed E-state index contributed by atoms with van der Waals surface area (Å²) in [4.78, 5) is 29.1. The van der Waals surface area contributed by atoms with Crippen molar-refractivity contribution in [1.29, 1.82) is 0 Å². The summed E-state index contributed by atoms with van der Waals surface area (Å²) in [6.07, 6.45) is 2.61. The van der Waals surface area contributed by atoms with Crippen molar-refractivity contribution in [1.82, 2.24) is 20.0 Å². The summed E-state index contributed by atoms with van der Waals surface area (Å²) in [5, 5.41) is 19.4. The molecular formula is C28H24ClFN4O3S. The van der Waals surface area contributed by atoms with Crippen LogP contribution in [0.4, 0.5) is 4.39 Å². The third-order valence-electron chi connectivity index (χ3n) is 6.97. The van der Waals surface area contributed by atoms with Gasteiger partial charge in [-0.1, -0.05) is 35.9 Å². The predicted octanol–water partition coefficient (Wildman–Crippen LogP) is 4.84. The average Bonchev–Trinajstić information content (AvgIpc) is 3.51. The van der Waals surface area contributed by atoms with Gasteiger partial charge in [-0.05, 0) is 55.2 Å². The van der Waals surface area contributed by atoms with Crippen LogP contribution < -0.4 is 5.32 Å². The molecule has 1 unspecified atom stereocenters. The zero-order valence-electron chi connectivity index (χ0n) is 20.2. The molecule has 4 aromatic rings. The van der Waals surface area contributed by atoms with Gasteiger partial charge in [0.05, 0.1) is 28.0 Å². The number of aromatic nitrogens is 2. The molecule has 0 radical (unpaired) electrons. The van der Waals surface area contributed by atoms with E-state index in [0.717, 1.165) is 35.5 Å². The number of imide groups is 1. The maximum atomic E-state index is 13.9. The first-order chi connectivity index (χ1) is 18.4. The third-order valence-corrected chi connectivity index (χ3v) is 8.49. The van der Waals surface area contributed by atoms with Crippen molar-refractivity contribution >= 4 is 34.8 Å². The first-order valence-corrected chi connectivity index (χ1v) is 13.6. The molecular weight excluding hydrogens is 527 g/mol. The highest BCUT2D eigenvalue weighted by Crippen LogP contribution is 2.40. The van der Waals surface area contributed by atoms with E-state index >= 15 is 0 Å². The number of aliphatic hydroxyl groups is 1. The van der Waals surface area contributed by atoms with Crippen LogP contribution in [0.1, 0.15) is 48.7 Å². The lowest BCUT2D eigenvalue weighted by molar-refractivity contribution is 0.0604. The van der Waals surface area contributed by atoms with E-state index in [1.807, 2.05) is 10.7 Å². The number of nitrogens with zero attached hydrogens (tertiary/aromatic N) is 3. The van der Waals surface area contributed by atoms with Gasteiger partial charge in [0.25, 0.3) is 11.8 Å². The van der Waals surface area contributed by atoms with Gasteiger partial charge in [-0.2, -0.15) is 5.10 Å². The molecule has 2 amide bonds. The van der Waals surface area contributed by atoms with Crippen LogP contribution in [0.2, 0.25) is 5.02 Å². The van der Waals surface area contributed by atoms with Gasteiger partial charge >= 0.3 is 0 Å². The van der Waals surface area contributed by atoms with E-state index < -0.39 is 12.3 Å². The molecule has 4 heterocycles. The summed E-state index contributed by atoms with van der Waals surface area (Å²) in [5.74, 6) is -1.13. The van der Waals surface area contributed by atoms with E-state index in [1.54, 1.807) is 42.6 Å². The van der Waals surface area contributed by atoms with Crippen molar-refractivity contribution < 1.29 is 19.1 Å². The minimum Gasteiger partial charge on any atom is -0.373 e. The molecule has 7 nitrogen and oxygen atoms in total. The first-order valence-electron chi connectivity index (χ1n) is 12.4. The molecule has 0 fully saturated rings. The Balaban J connectivity index is 1.28. The highest BCUT2D eigenvalue weighted by atomic mass is 35.5. The summed E-state index contributed by atoms with van der Waals surface area (Å²) < 4.78 is 15.8. The van der Waals surface area contributed by atoms with Gasteiger partial charge in [0.2, 0.25) is 0 Å². The van der Waals surface area contributed by atoms with E-state index in [9.17, 15) is 19.1 Å². The van der Waals surface area contributed by atoms with E-state index in [-0.39, 0.29) is 24.2 Å². The fraction of sp³-hybridized carbons (Fsp3) is 0.250. The molecule has 2 aliphatic heterocycles. The Bertz CT molecular complexity index is 1520. The Labute approximate surface area is 227 Å². The van der Waals surface area contributed by atoms with Crippen molar-refractivity contribution in [3.8, 4) is 11.3 Å². The maximum absolute atomic E-state index is 13.9. The molecule has 10 heteroatoms. The normalized spacial score (nSPS) is 16.1. The van der Waals surface area contributed by atoms with Gasteiger partial charge in [-0.3, -0.25) is 24.5 Å². The lowest BCUT2D eigenvalue weighted by atomic mass is 10.0. The summed E-state index contributed by atoms with van der Waals surface area (Å²) >= 11 is 7.94. The molecule has 0 saturated carbocycles. The van der Waals surface area contributed by atoms with Crippen LogP contribution in [0, 0.1) is 5.82 Å². The zero-order chi connectivity index (χ0) is 26.4. The number of hydrogen-bond donors (Lipinski definition) is 2. The van der Waals surface area contributed by atoms with E-state index in [2.05, 4.69) is 10.4 Å². The summed E-state index contributed by atoms with van der Waals surface area (Å²) in [5.41, 5.74) is 3.20. The van der Waals surface area contributed by atoms with Crippen LogP contribution in [-0.2, 0) is 19.4 Å². The Morgan fingerprint density at radius 3 is 2.58 bits per heavy atom. The molecule has 6 rings (SSSR count). The molecule has 0 saturated heterocycles. The quantitative estimate of drug-likeness (QED) is 0.254.